The van der Waals surface area contributed by atoms with Crippen molar-refractivity contribution in [3.8, 4) is 0 Å². The van der Waals surface area contributed by atoms with Crippen LogP contribution in [0.3, 0.4) is 0 Å². The van der Waals surface area contributed by atoms with Gasteiger partial charge in [-0.05, 0) is 18.7 Å². The quantitative estimate of drug-likeness (QED) is 0.574. The van der Waals surface area contributed by atoms with Gasteiger partial charge in [-0.2, -0.15) is 6.42 Å². The Labute approximate surface area is 154 Å². The molecular weight excluding hydrogens is 327 g/mol. The summed E-state index contributed by atoms with van der Waals surface area (Å²) in [6.45, 7) is 9.23. The molecule has 108 valence electrons. The Balaban J connectivity index is 0.00000180. The largest absolute Gasteiger partial charge is 2.00 e. The summed E-state index contributed by atoms with van der Waals surface area (Å²) in [5.74, 6) is 0. The van der Waals surface area contributed by atoms with E-state index in [1.165, 1.54) is 6.42 Å². The molecule has 0 atom stereocenters. The molecule has 0 aromatic heterocycles. The maximum atomic E-state index is 6.25. The zero-order chi connectivity index (χ0) is 13.0. The summed E-state index contributed by atoms with van der Waals surface area (Å²) in [5.41, 5.74) is 1.06. The van der Waals surface area contributed by atoms with E-state index < -0.39 is 0 Å². The summed E-state index contributed by atoms with van der Waals surface area (Å²) in [6, 6.07) is 5.83. The van der Waals surface area contributed by atoms with Gasteiger partial charge in [0.2, 0.25) is 0 Å². The molecule has 0 bridgehead atoms. The number of unbranched alkanes of at least 4 members (excludes halogenated alkanes) is 1. The molecule has 1 saturated heterocycles. The zero-order valence-corrected chi connectivity index (χ0v) is 15.3. The molecule has 0 radical (unpaired) electrons. The number of benzene rings is 1. The molecule has 2 rings (SSSR count). The molecule has 0 unspecified atom stereocenters. The summed E-state index contributed by atoms with van der Waals surface area (Å²) in [7, 11) is 0. The summed E-state index contributed by atoms with van der Waals surface area (Å²) < 4.78 is 0. The molecule has 0 spiro atoms. The Kier molecular flexibility index (Phi) is 10.7. The summed E-state index contributed by atoms with van der Waals surface area (Å²) >= 11 is 12.3. The van der Waals surface area contributed by atoms with Crippen molar-refractivity contribution < 1.29 is 12.4 Å². The van der Waals surface area contributed by atoms with Crippen molar-refractivity contribution in [1.82, 2.24) is 4.90 Å². The average molecular weight is 346 g/mol. The Morgan fingerprint density at radius 1 is 1.10 bits per heavy atom. The Hall–Kier alpha value is 0.616. The minimum absolute atomic E-state index is 0. The van der Waals surface area contributed by atoms with Gasteiger partial charge in [0.25, 0.3) is 0 Å². The molecule has 1 aromatic rings. The van der Waals surface area contributed by atoms with Gasteiger partial charge in [-0.1, -0.05) is 35.7 Å². The van der Waals surface area contributed by atoms with Gasteiger partial charge >= 0.3 is 23.1 Å². The number of hydrogen-bond acceptors (Lipinski definition) is 2. The smallest absolute Gasteiger partial charge is 1.00 e. The van der Waals surface area contributed by atoms with E-state index in [-0.39, 0.29) is 35.5 Å². The normalized spacial score (nSPS) is 15.4. The number of halogens is 3. The van der Waals surface area contributed by atoms with Crippen molar-refractivity contribution >= 4 is 51.9 Å². The standard InChI is InChI=1S/C14H19Cl2N2.ClH.Mg/c1-2-3-7-17-8-10-18(11-9-17)13-6-4-5-12(15)14(13)16;;/h4-6H,1-3,7-11H2;1H;/q-1;;+2/p-1. The van der Waals surface area contributed by atoms with E-state index in [0.717, 1.165) is 44.8 Å². The van der Waals surface area contributed by atoms with Crippen molar-refractivity contribution in [1.29, 1.82) is 0 Å². The van der Waals surface area contributed by atoms with Crippen molar-refractivity contribution in [2.24, 2.45) is 0 Å². The first-order valence-electron chi connectivity index (χ1n) is 6.43. The maximum absolute atomic E-state index is 6.25. The summed E-state index contributed by atoms with van der Waals surface area (Å²) in [5, 5.41) is 1.30. The molecule has 1 aliphatic heterocycles. The number of nitrogens with zero attached hydrogens (tertiary/aromatic N) is 2. The van der Waals surface area contributed by atoms with Crippen LogP contribution in [-0.2, 0) is 0 Å². The minimum atomic E-state index is 0. The van der Waals surface area contributed by atoms with E-state index in [2.05, 4.69) is 16.7 Å². The van der Waals surface area contributed by atoms with Gasteiger partial charge in [0.15, 0.2) is 0 Å². The van der Waals surface area contributed by atoms with Crippen LogP contribution in [-0.4, -0.2) is 60.7 Å². The minimum Gasteiger partial charge on any atom is -1.00 e. The van der Waals surface area contributed by atoms with Crippen LogP contribution in [0, 0.1) is 6.92 Å². The second-order valence-electron chi connectivity index (χ2n) is 4.61. The number of anilines is 1. The van der Waals surface area contributed by atoms with Crippen molar-refractivity contribution in [3.63, 3.8) is 0 Å². The van der Waals surface area contributed by atoms with E-state index in [4.69, 9.17) is 23.2 Å². The van der Waals surface area contributed by atoms with Crippen molar-refractivity contribution in [2.45, 2.75) is 12.8 Å². The fourth-order valence-electron chi connectivity index (χ4n) is 2.28. The molecule has 1 heterocycles. The molecule has 0 saturated carbocycles. The van der Waals surface area contributed by atoms with Gasteiger partial charge in [-0.3, -0.25) is 4.90 Å². The van der Waals surface area contributed by atoms with Gasteiger partial charge in [0, 0.05) is 26.2 Å². The first-order chi connectivity index (χ1) is 8.72. The number of piperazine rings is 1. The predicted molar refractivity (Wildman–Crippen MR) is 85.5 cm³/mol. The van der Waals surface area contributed by atoms with Crippen LogP contribution >= 0.6 is 23.2 Å². The van der Waals surface area contributed by atoms with Gasteiger partial charge < -0.3 is 24.2 Å². The zero-order valence-electron chi connectivity index (χ0n) is 11.6. The monoisotopic (exact) mass is 344 g/mol. The molecule has 20 heavy (non-hydrogen) atoms. The SMILES string of the molecule is [CH2-]CCCN1CCN(c2cccc(Cl)c2Cl)CC1.[Cl-].[Mg+2]. The second kappa shape index (κ2) is 10.4. The van der Waals surface area contributed by atoms with E-state index in [9.17, 15) is 0 Å². The van der Waals surface area contributed by atoms with E-state index >= 15 is 0 Å². The van der Waals surface area contributed by atoms with Gasteiger partial charge in [-0.25, -0.2) is 0 Å². The molecule has 1 fully saturated rings. The molecule has 0 aliphatic carbocycles. The fraction of sp³-hybridized carbons (Fsp3) is 0.500. The second-order valence-corrected chi connectivity index (χ2v) is 5.39. The number of hydrogen-bond donors (Lipinski definition) is 0. The van der Waals surface area contributed by atoms with Crippen LogP contribution < -0.4 is 17.3 Å². The van der Waals surface area contributed by atoms with Gasteiger partial charge in [0.1, 0.15) is 0 Å². The molecular formula is C14H19Cl3MgN2. The van der Waals surface area contributed by atoms with Crippen molar-refractivity contribution in [2.75, 3.05) is 37.6 Å². The molecule has 1 aromatic carbocycles. The third-order valence-electron chi connectivity index (χ3n) is 3.37. The van der Waals surface area contributed by atoms with Crippen LogP contribution in [0.4, 0.5) is 5.69 Å². The van der Waals surface area contributed by atoms with Gasteiger partial charge in [0.05, 0.1) is 15.7 Å². The Morgan fingerprint density at radius 2 is 1.75 bits per heavy atom. The summed E-state index contributed by atoms with van der Waals surface area (Å²) in [6.07, 6.45) is 2.19. The summed E-state index contributed by atoms with van der Waals surface area (Å²) in [4.78, 5) is 4.80. The Bertz CT molecular complexity index is 396. The maximum Gasteiger partial charge on any atom is 2.00 e. The van der Waals surface area contributed by atoms with Crippen LogP contribution in [0.25, 0.3) is 0 Å². The Morgan fingerprint density at radius 3 is 2.35 bits per heavy atom. The average Bonchev–Trinajstić information content (AvgIpc) is 2.40. The van der Waals surface area contributed by atoms with Crippen LogP contribution in [0.15, 0.2) is 18.2 Å². The van der Waals surface area contributed by atoms with E-state index in [0.29, 0.717) is 10.0 Å². The van der Waals surface area contributed by atoms with Crippen LogP contribution in [0.5, 0.6) is 0 Å². The third kappa shape index (κ3) is 5.43. The first kappa shape index (κ1) is 20.6. The first-order valence-corrected chi connectivity index (χ1v) is 7.18. The van der Waals surface area contributed by atoms with E-state index in [1.807, 2.05) is 18.2 Å². The third-order valence-corrected chi connectivity index (χ3v) is 4.18. The van der Waals surface area contributed by atoms with E-state index in [1.54, 1.807) is 0 Å². The fourth-order valence-corrected chi connectivity index (χ4v) is 2.70. The predicted octanol–water partition coefficient (Wildman–Crippen LogP) is 0.353. The van der Waals surface area contributed by atoms with Crippen LogP contribution in [0.2, 0.25) is 10.0 Å². The molecule has 6 heteroatoms. The van der Waals surface area contributed by atoms with Gasteiger partial charge in [-0.15, -0.1) is 0 Å². The van der Waals surface area contributed by atoms with Crippen molar-refractivity contribution in [3.05, 3.63) is 35.2 Å². The molecule has 2 nitrogen and oxygen atoms in total. The molecule has 0 amide bonds. The molecule has 1 aliphatic rings. The topological polar surface area (TPSA) is 6.48 Å². The number of rotatable bonds is 4. The van der Waals surface area contributed by atoms with Crippen LogP contribution in [0.1, 0.15) is 12.8 Å². The molecule has 0 N–H and O–H groups in total.